The van der Waals surface area contributed by atoms with Crippen LogP contribution in [0.3, 0.4) is 0 Å². The second-order valence-corrected chi connectivity index (χ2v) is 7.76. The van der Waals surface area contributed by atoms with Crippen LogP contribution >= 0.6 is 11.8 Å². The Labute approximate surface area is 160 Å². The molecule has 0 bridgehead atoms. The highest BCUT2D eigenvalue weighted by Crippen LogP contribution is 2.30. The zero-order valence-corrected chi connectivity index (χ0v) is 16.8. The molecule has 1 saturated heterocycles. The average Bonchev–Trinajstić information content (AvgIpc) is 2.90. The highest BCUT2D eigenvalue weighted by Gasteiger charge is 2.38. The van der Waals surface area contributed by atoms with E-state index in [1.54, 1.807) is 4.90 Å². The Balaban J connectivity index is 1.98. The summed E-state index contributed by atoms with van der Waals surface area (Å²) in [6.45, 7) is 7.65. The largest absolute Gasteiger partial charge is 0.326 e. The van der Waals surface area contributed by atoms with Crippen LogP contribution in [0.5, 0.6) is 0 Å². The molecule has 1 aromatic rings. The van der Waals surface area contributed by atoms with Crippen molar-refractivity contribution in [2.45, 2.75) is 58.1 Å². The Hall–Kier alpha value is -1.82. The lowest BCUT2D eigenvalue weighted by atomic mass is 10.2. The van der Waals surface area contributed by atoms with Crippen molar-refractivity contribution in [2.24, 2.45) is 4.99 Å². The predicted molar refractivity (Wildman–Crippen MR) is 110 cm³/mol. The molecule has 6 heteroatoms. The topological polar surface area (TPSA) is 61.8 Å². The van der Waals surface area contributed by atoms with Gasteiger partial charge in [0.1, 0.15) is 5.25 Å². The van der Waals surface area contributed by atoms with E-state index in [0.717, 1.165) is 48.6 Å². The van der Waals surface area contributed by atoms with Crippen LogP contribution < -0.4 is 5.32 Å². The van der Waals surface area contributed by atoms with Gasteiger partial charge in [-0.25, -0.2) is 0 Å². The van der Waals surface area contributed by atoms with Gasteiger partial charge in [0.15, 0.2) is 5.17 Å². The van der Waals surface area contributed by atoms with Crippen molar-refractivity contribution in [3.8, 4) is 0 Å². The molecular formula is C20H29N3O2S. The number of aryl methyl sites for hydroxylation is 1. The number of hydrogen-bond acceptors (Lipinski definition) is 4. The van der Waals surface area contributed by atoms with Gasteiger partial charge in [-0.05, 0) is 31.9 Å². The van der Waals surface area contributed by atoms with Crippen LogP contribution in [0.4, 0.5) is 5.69 Å². The lowest BCUT2D eigenvalue weighted by Gasteiger charge is -2.15. The predicted octanol–water partition coefficient (Wildman–Crippen LogP) is 4.22. The maximum atomic E-state index is 12.7. The number of hydrogen-bond donors (Lipinski definition) is 1. The molecule has 1 aliphatic heterocycles. The first-order valence-corrected chi connectivity index (χ1v) is 10.3. The minimum atomic E-state index is -0.377. The third-order valence-electron chi connectivity index (χ3n) is 4.22. The fourth-order valence-electron chi connectivity index (χ4n) is 2.63. The first kappa shape index (κ1) is 20.5. The second-order valence-electron chi connectivity index (χ2n) is 6.59. The molecule has 1 atom stereocenters. The third kappa shape index (κ3) is 5.87. The number of anilines is 1. The second kappa shape index (κ2) is 10.4. The van der Waals surface area contributed by atoms with Crippen LogP contribution in [0, 0.1) is 6.92 Å². The molecule has 142 valence electrons. The van der Waals surface area contributed by atoms with Gasteiger partial charge < -0.3 is 5.32 Å². The molecular weight excluding hydrogens is 346 g/mol. The van der Waals surface area contributed by atoms with Gasteiger partial charge in [-0.3, -0.25) is 19.5 Å². The molecule has 0 aliphatic carbocycles. The number of unbranched alkanes of at least 4 members (excludes halogenated alkanes) is 2. The van der Waals surface area contributed by atoms with E-state index >= 15 is 0 Å². The number of amidine groups is 1. The summed E-state index contributed by atoms with van der Waals surface area (Å²) < 4.78 is 0. The van der Waals surface area contributed by atoms with Gasteiger partial charge in [0.25, 0.3) is 0 Å². The summed E-state index contributed by atoms with van der Waals surface area (Å²) in [5, 5.41) is 3.28. The quantitative estimate of drug-likeness (QED) is 0.657. The van der Waals surface area contributed by atoms with Crippen LogP contribution in [-0.4, -0.2) is 40.2 Å². The summed E-state index contributed by atoms with van der Waals surface area (Å²) in [6.07, 6.45) is 4.23. The number of rotatable bonds is 9. The van der Waals surface area contributed by atoms with E-state index in [9.17, 15) is 9.59 Å². The molecule has 2 rings (SSSR count). The van der Waals surface area contributed by atoms with Crippen LogP contribution in [0.25, 0.3) is 0 Å². The lowest BCUT2D eigenvalue weighted by molar-refractivity contribution is -0.128. The summed E-state index contributed by atoms with van der Waals surface area (Å²) in [4.78, 5) is 31.5. The molecule has 0 saturated carbocycles. The smallest absolute Gasteiger partial charge is 0.242 e. The molecule has 26 heavy (non-hydrogen) atoms. The van der Waals surface area contributed by atoms with Gasteiger partial charge in [0, 0.05) is 25.2 Å². The molecule has 1 fully saturated rings. The van der Waals surface area contributed by atoms with Gasteiger partial charge in [0.05, 0.1) is 0 Å². The van der Waals surface area contributed by atoms with Crippen molar-refractivity contribution in [3.05, 3.63) is 29.8 Å². The molecule has 1 aromatic carbocycles. The zero-order valence-electron chi connectivity index (χ0n) is 16.0. The summed E-state index contributed by atoms with van der Waals surface area (Å²) in [5.41, 5.74) is 1.90. The Bertz CT molecular complexity index is 643. The molecule has 1 aliphatic rings. The Morgan fingerprint density at radius 1 is 1.19 bits per heavy atom. The van der Waals surface area contributed by atoms with E-state index in [-0.39, 0.29) is 23.5 Å². The highest BCUT2D eigenvalue weighted by atomic mass is 32.2. The average molecular weight is 376 g/mol. The minimum Gasteiger partial charge on any atom is -0.326 e. The van der Waals surface area contributed by atoms with Crippen LogP contribution in [0.15, 0.2) is 29.3 Å². The monoisotopic (exact) mass is 375 g/mol. The summed E-state index contributed by atoms with van der Waals surface area (Å²) in [5.74, 6) is -0.122. The van der Waals surface area contributed by atoms with Gasteiger partial charge in [-0.15, -0.1) is 0 Å². The minimum absolute atomic E-state index is 0.0118. The van der Waals surface area contributed by atoms with Crippen LogP contribution in [-0.2, 0) is 9.59 Å². The Morgan fingerprint density at radius 3 is 2.54 bits per heavy atom. The maximum Gasteiger partial charge on any atom is 0.242 e. The molecule has 0 radical (unpaired) electrons. The number of amides is 2. The molecule has 0 spiro atoms. The number of carbonyl (C=O) groups excluding carboxylic acids is 2. The lowest BCUT2D eigenvalue weighted by Crippen LogP contribution is -2.34. The van der Waals surface area contributed by atoms with Gasteiger partial charge >= 0.3 is 0 Å². The number of aliphatic imine (C=N–C) groups is 1. The Morgan fingerprint density at radius 2 is 1.88 bits per heavy atom. The highest BCUT2D eigenvalue weighted by molar-refractivity contribution is 8.15. The summed E-state index contributed by atoms with van der Waals surface area (Å²) in [6, 6.07) is 7.66. The zero-order chi connectivity index (χ0) is 18.9. The number of nitrogens with zero attached hydrogens (tertiary/aromatic N) is 2. The van der Waals surface area contributed by atoms with Crippen molar-refractivity contribution in [1.29, 1.82) is 0 Å². The molecule has 5 nitrogen and oxygen atoms in total. The maximum absolute atomic E-state index is 12.7. The molecule has 0 aromatic heterocycles. The van der Waals surface area contributed by atoms with E-state index < -0.39 is 0 Å². The fraction of sp³-hybridized carbons (Fsp3) is 0.550. The normalized spacial score (nSPS) is 18.6. The molecule has 1 heterocycles. The van der Waals surface area contributed by atoms with Crippen molar-refractivity contribution in [1.82, 2.24) is 4.90 Å². The number of thioether (sulfide) groups is 1. The van der Waals surface area contributed by atoms with Crippen molar-refractivity contribution < 1.29 is 9.59 Å². The standard InChI is InChI=1S/C20H29N3O2S/c1-4-6-12-21-20-23(13-7-5-2)19(25)17(26-20)14-18(24)22-16-10-8-15(3)9-11-16/h8-11,17H,4-7,12-14H2,1-3H3,(H,22,24)/t17-/m1/s1. The number of carbonyl (C=O) groups is 2. The fourth-order valence-corrected chi connectivity index (χ4v) is 3.82. The molecule has 0 unspecified atom stereocenters. The summed E-state index contributed by atoms with van der Waals surface area (Å²) in [7, 11) is 0. The third-order valence-corrected chi connectivity index (χ3v) is 5.43. The first-order valence-electron chi connectivity index (χ1n) is 9.44. The van der Waals surface area contributed by atoms with Crippen molar-refractivity contribution >= 4 is 34.4 Å². The SMILES string of the molecule is CCCCN=C1S[C@H](CC(=O)Nc2ccc(C)cc2)C(=O)N1CCCC. The van der Waals surface area contributed by atoms with E-state index in [0.29, 0.717) is 6.54 Å². The van der Waals surface area contributed by atoms with E-state index in [2.05, 4.69) is 24.2 Å². The van der Waals surface area contributed by atoms with E-state index in [4.69, 9.17) is 0 Å². The molecule has 2 amide bonds. The summed E-state index contributed by atoms with van der Waals surface area (Å²) >= 11 is 1.43. The first-order chi connectivity index (χ1) is 12.5. The number of nitrogens with one attached hydrogen (secondary N) is 1. The van der Waals surface area contributed by atoms with E-state index in [1.807, 2.05) is 31.2 Å². The van der Waals surface area contributed by atoms with Crippen LogP contribution in [0.2, 0.25) is 0 Å². The molecule has 1 N–H and O–H groups in total. The van der Waals surface area contributed by atoms with Crippen molar-refractivity contribution in [3.63, 3.8) is 0 Å². The van der Waals surface area contributed by atoms with Gasteiger partial charge in [0.2, 0.25) is 11.8 Å². The van der Waals surface area contributed by atoms with Gasteiger partial charge in [-0.1, -0.05) is 56.1 Å². The Kier molecular flexibility index (Phi) is 8.16. The van der Waals surface area contributed by atoms with Gasteiger partial charge in [-0.2, -0.15) is 0 Å². The van der Waals surface area contributed by atoms with Crippen LogP contribution in [0.1, 0.15) is 51.5 Å². The number of benzene rings is 1. The van der Waals surface area contributed by atoms with E-state index in [1.165, 1.54) is 11.8 Å². The van der Waals surface area contributed by atoms with Crippen molar-refractivity contribution in [2.75, 3.05) is 18.4 Å².